The summed E-state index contributed by atoms with van der Waals surface area (Å²) in [5.74, 6) is 1.87. The molecule has 1 aliphatic carbocycles. The fourth-order valence-corrected chi connectivity index (χ4v) is 4.13. The number of carbonyl (C=O) groups is 1. The van der Waals surface area contributed by atoms with Crippen LogP contribution in [-0.2, 0) is 4.79 Å². The van der Waals surface area contributed by atoms with Crippen LogP contribution in [0.25, 0.3) is 11.1 Å². The van der Waals surface area contributed by atoms with Crippen LogP contribution >= 0.6 is 0 Å². The molecule has 0 spiro atoms. The van der Waals surface area contributed by atoms with E-state index in [0.717, 1.165) is 36.3 Å². The lowest BCUT2D eigenvalue weighted by Crippen LogP contribution is -2.53. The van der Waals surface area contributed by atoms with Gasteiger partial charge in [-0.25, -0.2) is 0 Å². The molecule has 2 aliphatic rings. The molecule has 2 fully saturated rings. The largest absolute Gasteiger partial charge is 0.496 e. The van der Waals surface area contributed by atoms with Gasteiger partial charge in [0.15, 0.2) is 0 Å². The maximum Gasteiger partial charge on any atom is 0.222 e. The average Bonchev–Trinajstić information content (AvgIpc) is 3.29. The van der Waals surface area contributed by atoms with E-state index in [1.165, 1.54) is 18.4 Å². The Morgan fingerprint density at radius 1 is 1.14 bits per heavy atom. The molecule has 156 valence electrons. The summed E-state index contributed by atoms with van der Waals surface area (Å²) < 4.78 is 5.40. The standard InChI is InChI=1S/C17H19NO2.C7H13NO/c1-20-17-5-3-2-4-14(17)12-6-8-13(9-7-12)15-10-18-16(15)11-19;1-8-7(9)6-4-2-3-5-6/h2-9,15-16,18-19H,10-11H2,1H3;6H,2-5H2,1H3,(H,8,9). The normalized spacial score (nSPS) is 20.9. The second-order valence-electron chi connectivity index (χ2n) is 7.72. The zero-order valence-electron chi connectivity index (χ0n) is 17.4. The van der Waals surface area contributed by atoms with Gasteiger partial charge in [0.1, 0.15) is 5.75 Å². The van der Waals surface area contributed by atoms with Gasteiger partial charge in [0.05, 0.1) is 13.7 Å². The van der Waals surface area contributed by atoms with Crippen LogP contribution in [0.4, 0.5) is 0 Å². The number of amides is 1. The molecule has 2 aromatic carbocycles. The molecular formula is C24H32N2O3. The maximum atomic E-state index is 10.9. The van der Waals surface area contributed by atoms with Crippen molar-refractivity contribution in [3.63, 3.8) is 0 Å². The van der Waals surface area contributed by atoms with E-state index in [1.54, 1.807) is 14.2 Å². The smallest absolute Gasteiger partial charge is 0.222 e. The molecule has 5 heteroatoms. The lowest BCUT2D eigenvalue weighted by molar-refractivity contribution is -0.124. The minimum Gasteiger partial charge on any atom is -0.496 e. The molecule has 1 saturated carbocycles. The highest BCUT2D eigenvalue weighted by Gasteiger charge is 2.30. The van der Waals surface area contributed by atoms with Crippen LogP contribution in [0.1, 0.15) is 37.2 Å². The molecule has 2 atom stereocenters. The van der Waals surface area contributed by atoms with E-state index in [1.807, 2.05) is 18.2 Å². The number of aliphatic hydroxyl groups is 1. The predicted octanol–water partition coefficient (Wildman–Crippen LogP) is 3.33. The molecule has 2 aromatic rings. The fourth-order valence-electron chi connectivity index (χ4n) is 4.13. The Kier molecular flexibility index (Phi) is 7.67. The molecular weight excluding hydrogens is 364 g/mol. The highest BCUT2D eigenvalue weighted by Crippen LogP contribution is 2.32. The molecule has 1 saturated heterocycles. The molecule has 3 N–H and O–H groups in total. The second kappa shape index (κ2) is 10.4. The van der Waals surface area contributed by atoms with Crippen molar-refractivity contribution in [2.45, 2.75) is 37.6 Å². The molecule has 2 unspecified atom stereocenters. The highest BCUT2D eigenvalue weighted by molar-refractivity contribution is 5.78. The first-order chi connectivity index (χ1) is 14.2. The number of ether oxygens (including phenoxy) is 1. The summed E-state index contributed by atoms with van der Waals surface area (Å²) in [6.45, 7) is 1.14. The van der Waals surface area contributed by atoms with Crippen molar-refractivity contribution in [2.75, 3.05) is 27.3 Å². The van der Waals surface area contributed by atoms with E-state index in [2.05, 4.69) is 41.0 Å². The molecule has 1 amide bonds. The van der Waals surface area contributed by atoms with Gasteiger partial charge in [-0.1, -0.05) is 55.3 Å². The third kappa shape index (κ3) is 5.17. The maximum absolute atomic E-state index is 10.9. The summed E-state index contributed by atoms with van der Waals surface area (Å²) in [5.41, 5.74) is 3.53. The number of carbonyl (C=O) groups excluding carboxylic acids is 1. The van der Waals surface area contributed by atoms with Crippen LogP contribution in [0.5, 0.6) is 5.75 Å². The number of benzene rings is 2. The summed E-state index contributed by atoms with van der Waals surface area (Å²) in [4.78, 5) is 10.9. The van der Waals surface area contributed by atoms with Crippen molar-refractivity contribution in [1.29, 1.82) is 0 Å². The van der Waals surface area contributed by atoms with Crippen LogP contribution < -0.4 is 15.4 Å². The van der Waals surface area contributed by atoms with Crippen molar-refractivity contribution in [3.05, 3.63) is 54.1 Å². The molecule has 0 aromatic heterocycles. The summed E-state index contributed by atoms with van der Waals surface area (Å²) in [5, 5.41) is 15.1. The number of hydrogen-bond donors (Lipinski definition) is 3. The Morgan fingerprint density at radius 3 is 2.38 bits per heavy atom. The molecule has 1 aliphatic heterocycles. The van der Waals surface area contributed by atoms with Crippen molar-refractivity contribution in [2.24, 2.45) is 5.92 Å². The van der Waals surface area contributed by atoms with E-state index >= 15 is 0 Å². The van der Waals surface area contributed by atoms with Gasteiger partial charge < -0.3 is 20.5 Å². The Balaban J connectivity index is 0.000000224. The number of hydrogen-bond acceptors (Lipinski definition) is 4. The first-order valence-corrected chi connectivity index (χ1v) is 10.5. The van der Waals surface area contributed by atoms with E-state index in [9.17, 15) is 9.90 Å². The SMILES string of the molecule is CNC(=O)C1CCCC1.COc1ccccc1-c1ccc(C2CNC2CO)cc1. The number of para-hydroxylation sites is 1. The summed E-state index contributed by atoms with van der Waals surface area (Å²) in [7, 11) is 3.40. The van der Waals surface area contributed by atoms with E-state index in [-0.39, 0.29) is 18.6 Å². The summed E-state index contributed by atoms with van der Waals surface area (Å²) >= 11 is 0. The lowest BCUT2D eigenvalue weighted by Gasteiger charge is -2.37. The fraction of sp³-hybridized carbons (Fsp3) is 0.458. The van der Waals surface area contributed by atoms with E-state index < -0.39 is 0 Å². The molecule has 1 heterocycles. The zero-order chi connectivity index (χ0) is 20.6. The molecule has 4 rings (SSSR count). The quantitative estimate of drug-likeness (QED) is 0.725. The van der Waals surface area contributed by atoms with Crippen LogP contribution in [0, 0.1) is 5.92 Å². The Morgan fingerprint density at radius 2 is 1.83 bits per heavy atom. The lowest BCUT2D eigenvalue weighted by atomic mass is 9.85. The minimum atomic E-state index is 0.193. The Bertz CT molecular complexity index is 783. The third-order valence-electron chi connectivity index (χ3n) is 6.01. The second-order valence-corrected chi connectivity index (χ2v) is 7.72. The molecule has 0 radical (unpaired) electrons. The predicted molar refractivity (Wildman–Crippen MR) is 116 cm³/mol. The average molecular weight is 397 g/mol. The van der Waals surface area contributed by atoms with Crippen molar-refractivity contribution in [1.82, 2.24) is 10.6 Å². The first kappa shape index (κ1) is 21.3. The van der Waals surface area contributed by atoms with Crippen LogP contribution in [-0.4, -0.2) is 44.4 Å². The van der Waals surface area contributed by atoms with E-state index in [4.69, 9.17) is 4.74 Å². The van der Waals surface area contributed by atoms with Crippen LogP contribution in [0.15, 0.2) is 48.5 Å². The number of rotatable bonds is 5. The topological polar surface area (TPSA) is 70.6 Å². The number of nitrogens with one attached hydrogen (secondary N) is 2. The summed E-state index contributed by atoms with van der Waals surface area (Å²) in [6, 6.07) is 16.8. The molecule has 0 bridgehead atoms. The number of aliphatic hydroxyl groups excluding tert-OH is 1. The van der Waals surface area contributed by atoms with Crippen LogP contribution in [0.2, 0.25) is 0 Å². The molecule has 5 nitrogen and oxygen atoms in total. The van der Waals surface area contributed by atoms with Crippen LogP contribution in [0.3, 0.4) is 0 Å². The summed E-state index contributed by atoms with van der Waals surface area (Å²) in [6.07, 6.45) is 4.66. The van der Waals surface area contributed by atoms with Crippen molar-refractivity contribution in [3.8, 4) is 16.9 Å². The van der Waals surface area contributed by atoms with Crippen molar-refractivity contribution >= 4 is 5.91 Å². The van der Waals surface area contributed by atoms with Gasteiger partial charge in [-0.05, 0) is 30.0 Å². The minimum absolute atomic E-state index is 0.193. The van der Waals surface area contributed by atoms with Gasteiger partial charge in [-0.15, -0.1) is 0 Å². The monoisotopic (exact) mass is 396 g/mol. The van der Waals surface area contributed by atoms with Gasteiger partial charge >= 0.3 is 0 Å². The number of methoxy groups -OCH3 is 1. The Hall–Kier alpha value is -2.37. The van der Waals surface area contributed by atoms with E-state index in [0.29, 0.717) is 11.8 Å². The van der Waals surface area contributed by atoms with Gasteiger partial charge in [0.25, 0.3) is 0 Å². The van der Waals surface area contributed by atoms with Gasteiger partial charge in [0, 0.05) is 37.0 Å². The Labute approximate surface area is 173 Å². The van der Waals surface area contributed by atoms with Gasteiger partial charge in [-0.3, -0.25) is 4.79 Å². The first-order valence-electron chi connectivity index (χ1n) is 10.5. The zero-order valence-corrected chi connectivity index (χ0v) is 17.4. The molecule has 29 heavy (non-hydrogen) atoms. The van der Waals surface area contributed by atoms with Gasteiger partial charge in [-0.2, -0.15) is 0 Å². The van der Waals surface area contributed by atoms with Crippen molar-refractivity contribution < 1.29 is 14.6 Å². The third-order valence-corrected chi connectivity index (χ3v) is 6.01. The van der Waals surface area contributed by atoms with Gasteiger partial charge in [0.2, 0.25) is 5.91 Å². The highest BCUT2D eigenvalue weighted by atomic mass is 16.5.